The molecule has 2 saturated carbocycles. The molecular formula is C27H27NO4. The summed E-state index contributed by atoms with van der Waals surface area (Å²) in [6.07, 6.45) is 6.81. The van der Waals surface area contributed by atoms with Crippen LogP contribution in [0.25, 0.3) is 11.1 Å². The van der Waals surface area contributed by atoms with Crippen LogP contribution < -0.4 is 0 Å². The Hall–Kier alpha value is -3.21. The maximum atomic E-state index is 13.6. The molecular weight excluding hydrogens is 402 g/mol. The number of carboxylic acids is 1. The van der Waals surface area contributed by atoms with E-state index in [1.807, 2.05) is 29.2 Å². The molecule has 5 nitrogen and oxygen atoms in total. The molecule has 1 spiro atoms. The molecule has 0 bridgehead atoms. The van der Waals surface area contributed by atoms with Gasteiger partial charge in [-0.25, -0.2) is 0 Å². The Balaban J connectivity index is 1.68. The third-order valence-corrected chi connectivity index (χ3v) is 7.46. The van der Waals surface area contributed by atoms with Gasteiger partial charge in [0.25, 0.3) is 5.91 Å². The van der Waals surface area contributed by atoms with Crippen molar-refractivity contribution in [1.82, 2.24) is 4.90 Å². The fraction of sp³-hybridized carbons (Fsp3) is 0.370. The number of allylic oxidation sites excluding steroid dienone is 1. The average Bonchev–Trinajstić information content (AvgIpc) is 3.51. The van der Waals surface area contributed by atoms with Gasteiger partial charge in [-0.15, -0.1) is 0 Å². The van der Waals surface area contributed by atoms with Gasteiger partial charge >= 0.3 is 5.97 Å². The van der Waals surface area contributed by atoms with E-state index in [4.69, 9.17) is 0 Å². The normalized spacial score (nSPS) is 21.4. The van der Waals surface area contributed by atoms with Gasteiger partial charge in [0, 0.05) is 17.7 Å². The quantitative estimate of drug-likeness (QED) is 0.514. The highest BCUT2D eigenvalue weighted by atomic mass is 16.4. The summed E-state index contributed by atoms with van der Waals surface area (Å²) in [5.74, 6) is -1.39. The second-order valence-corrected chi connectivity index (χ2v) is 9.36. The summed E-state index contributed by atoms with van der Waals surface area (Å²) < 4.78 is 0. The molecule has 3 aliphatic rings. The number of aliphatic carboxylic acids is 1. The highest BCUT2D eigenvalue weighted by Crippen LogP contribution is 2.52. The van der Waals surface area contributed by atoms with E-state index in [0.29, 0.717) is 29.2 Å². The van der Waals surface area contributed by atoms with Crippen molar-refractivity contribution in [3.05, 3.63) is 71.8 Å². The molecule has 0 saturated heterocycles. The first kappa shape index (κ1) is 20.7. The second kappa shape index (κ2) is 7.73. The molecule has 1 heterocycles. The lowest BCUT2D eigenvalue weighted by atomic mass is 9.70. The molecule has 164 valence electrons. The van der Waals surface area contributed by atoms with Crippen LogP contribution in [-0.4, -0.2) is 39.7 Å². The number of hydrogen-bond acceptors (Lipinski definition) is 3. The van der Waals surface area contributed by atoms with Gasteiger partial charge in [0.1, 0.15) is 5.92 Å². The smallest absolute Gasteiger partial charge is 0.313 e. The number of carbonyl (C=O) groups excluding carboxylic acids is 2. The van der Waals surface area contributed by atoms with Crippen molar-refractivity contribution in [3.63, 3.8) is 0 Å². The van der Waals surface area contributed by atoms with Gasteiger partial charge < -0.3 is 10.0 Å². The monoisotopic (exact) mass is 429 g/mol. The third kappa shape index (κ3) is 3.19. The molecule has 1 atom stereocenters. The molecule has 32 heavy (non-hydrogen) atoms. The van der Waals surface area contributed by atoms with E-state index in [-0.39, 0.29) is 11.7 Å². The second-order valence-electron chi connectivity index (χ2n) is 9.36. The first-order chi connectivity index (χ1) is 15.5. The number of amides is 1. The van der Waals surface area contributed by atoms with Crippen LogP contribution in [0.4, 0.5) is 0 Å². The maximum Gasteiger partial charge on any atom is 0.313 e. The average molecular weight is 430 g/mol. The lowest BCUT2D eigenvalue weighted by molar-refractivity contribution is -0.143. The van der Waals surface area contributed by atoms with Gasteiger partial charge in [0.15, 0.2) is 5.78 Å². The molecule has 2 aromatic rings. The van der Waals surface area contributed by atoms with Crippen molar-refractivity contribution in [2.75, 3.05) is 6.54 Å². The molecule has 5 heteroatoms. The highest BCUT2D eigenvalue weighted by Gasteiger charge is 2.56. The number of ketones is 1. The minimum absolute atomic E-state index is 0.0479. The van der Waals surface area contributed by atoms with Crippen molar-refractivity contribution in [1.29, 1.82) is 0 Å². The SMILES string of the molecule is C=CC(=O)c1ccccc1-c1ccc2c(c1)C(C(=O)O)C1(CCCC1)N(CC1CC1)C2=O. The lowest BCUT2D eigenvalue weighted by Gasteiger charge is -2.49. The van der Waals surface area contributed by atoms with Crippen LogP contribution in [0.15, 0.2) is 55.1 Å². The zero-order chi connectivity index (χ0) is 22.5. The zero-order valence-corrected chi connectivity index (χ0v) is 18.0. The van der Waals surface area contributed by atoms with Crippen LogP contribution in [0.1, 0.15) is 70.7 Å². The van der Waals surface area contributed by atoms with Crippen LogP contribution in [0, 0.1) is 5.92 Å². The van der Waals surface area contributed by atoms with Crippen molar-refractivity contribution in [2.24, 2.45) is 5.92 Å². The molecule has 2 aliphatic carbocycles. The van der Waals surface area contributed by atoms with Gasteiger partial charge in [-0.2, -0.15) is 0 Å². The highest BCUT2D eigenvalue weighted by molar-refractivity contribution is 6.09. The molecule has 1 unspecified atom stereocenters. The van der Waals surface area contributed by atoms with Crippen LogP contribution in [0.5, 0.6) is 0 Å². The Morgan fingerprint density at radius 2 is 1.81 bits per heavy atom. The molecule has 0 aromatic heterocycles. The van der Waals surface area contributed by atoms with Gasteiger partial charge in [-0.3, -0.25) is 14.4 Å². The largest absolute Gasteiger partial charge is 0.481 e. The minimum atomic E-state index is -0.881. The fourth-order valence-electron chi connectivity index (χ4n) is 5.75. The van der Waals surface area contributed by atoms with E-state index in [1.54, 1.807) is 18.2 Å². The molecule has 2 fully saturated rings. The van der Waals surface area contributed by atoms with Crippen molar-refractivity contribution in [2.45, 2.75) is 50.0 Å². The Kier molecular flexibility index (Phi) is 5.00. The summed E-state index contributed by atoms with van der Waals surface area (Å²) in [6.45, 7) is 4.25. The first-order valence-electron chi connectivity index (χ1n) is 11.4. The van der Waals surface area contributed by atoms with E-state index < -0.39 is 17.4 Å². The summed E-state index contributed by atoms with van der Waals surface area (Å²) in [6, 6.07) is 12.6. The van der Waals surface area contributed by atoms with Crippen LogP contribution in [0.3, 0.4) is 0 Å². The number of carboxylic acid groups (broad SMARTS) is 1. The Bertz CT molecular complexity index is 1120. The standard InChI is InChI=1S/C27H27NO4/c1-2-23(29)20-8-4-3-7-19(20)18-11-12-21-22(15-18)24(26(31)32)27(13-5-6-14-27)28(25(21)30)16-17-9-10-17/h2-4,7-8,11-12,15,17,24H,1,5-6,9-10,13-14,16H2,(H,31,32). The van der Waals surface area contributed by atoms with Crippen LogP contribution in [0.2, 0.25) is 0 Å². The number of nitrogens with zero attached hydrogens (tertiary/aromatic N) is 1. The lowest BCUT2D eigenvalue weighted by Crippen LogP contribution is -2.59. The molecule has 0 radical (unpaired) electrons. The first-order valence-corrected chi connectivity index (χ1v) is 11.4. The van der Waals surface area contributed by atoms with E-state index in [2.05, 4.69) is 6.58 Å². The summed E-state index contributed by atoms with van der Waals surface area (Å²) in [5, 5.41) is 10.4. The molecule has 1 aliphatic heterocycles. The van der Waals surface area contributed by atoms with E-state index in [9.17, 15) is 19.5 Å². The van der Waals surface area contributed by atoms with E-state index in [1.165, 1.54) is 6.08 Å². The van der Waals surface area contributed by atoms with Crippen molar-refractivity contribution in [3.8, 4) is 11.1 Å². The Morgan fingerprint density at radius 3 is 2.47 bits per heavy atom. The summed E-state index contributed by atoms with van der Waals surface area (Å²) in [7, 11) is 0. The Labute approximate surface area is 187 Å². The number of benzene rings is 2. The molecule has 1 amide bonds. The van der Waals surface area contributed by atoms with Crippen molar-refractivity contribution >= 4 is 17.7 Å². The molecule has 5 rings (SSSR count). The minimum Gasteiger partial charge on any atom is -0.481 e. The maximum absolute atomic E-state index is 13.6. The van der Waals surface area contributed by atoms with Gasteiger partial charge in [0.05, 0.1) is 5.54 Å². The topological polar surface area (TPSA) is 74.7 Å². The van der Waals surface area contributed by atoms with Gasteiger partial charge in [0.2, 0.25) is 0 Å². The predicted molar refractivity (Wildman–Crippen MR) is 122 cm³/mol. The number of fused-ring (bicyclic) bond motifs is 1. The number of rotatable bonds is 6. The molecule has 1 N–H and O–H groups in total. The predicted octanol–water partition coefficient (Wildman–Crippen LogP) is 5.07. The van der Waals surface area contributed by atoms with Crippen LogP contribution in [-0.2, 0) is 4.79 Å². The van der Waals surface area contributed by atoms with Gasteiger partial charge in [-0.1, -0.05) is 49.8 Å². The summed E-state index contributed by atoms with van der Waals surface area (Å²) in [4.78, 5) is 40.7. The van der Waals surface area contributed by atoms with E-state index >= 15 is 0 Å². The summed E-state index contributed by atoms with van der Waals surface area (Å²) in [5.41, 5.74) is 2.38. The number of hydrogen-bond donors (Lipinski definition) is 1. The van der Waals surface area contributed by atoms with Crippen molar-refractivity contribution < 1.29 is 19.5 Å². The van der Waals surface area contributed by atoms with E-state index in [0.717, 1.165) is 49.7 Å². The summed E-state index contributed by atoms with van der Waals surface area (Å²) >= 11 is 0. The van der Waals surface area contributed by atoms with Crippen LogP contribution >= 0.6 is 0 Å². The Morgan fingerprint density at radius 1 is 1.09 bits per heavy atom. The number of carbonyl (C=O) groups is 3. The van der Waals surface area contributed by atoms with Gasteiger partial charge in [-0.05, 0) is 66.5 Å². The zero-order valence-electron chi connectivity index (χ0n) is 18.0. The fourth-order valence-corrected chi connectivity index (χ4v) is 5.75. The third-order valence-electron chi connectivity index (χ3n) is 7.46. The molecule has 2 aromatic carbocycles.